The van der Waals surface area contributed by atoms with Crippen molar-refractivity contribution in [1.29, 1.82) is 0 Å². The quantitative estimate of drug-likeness (QED) is 0.703. The molecule has 0 radical (unpaired) electrons. The second-order valence-electron chi connectivity index (χ2n) is 6.47. The Hall–Kier alpha value is -2.09. The highest BCUT2D eigenvalue weighted by Crippen LogP contribution is 2.24. The van der Waals surface area contributed by atoms with Crippen LogP contribution >= 0.6 is 11.6 Å². The third-order valence-electron chi connectivity index (χ3n) is 4.45. The number of hydrogen-bond acceptors (Lipinski definition) is 4. The first-order valence-electron chi connectivity index (χ1n) is 8.84. The van der Waals surface area contributed by atoms with Crippen molar-refractivity contribution < 1.29 is 17.9 Å². The number of aryl methyl sites for hydroxylation is 1. The Morgan fingerprint density at radius 3 is 2.39 bits per heavy atom. The van der Waals surface area contributed by atoms with E-state index >= 15 is 0 Å². The van der Waals surface area contributed by atoms with Gasteiger partial charge in [-0.3, -0.25) is 4.79 Å². The minimum absolute atomic E-state index is 0.0880. The second-order valence-corrected chi connectivity index (χ2v) is 8.95. The number of hydrogen-bond donors (Lipinski definition) is 1. The number of sulfonamides is 1. The maximum Gasteiger partial charge on any atom is 0.243 e. The fourth-order valence-electron chi connectivity index (χ4n) is 2.85. The van der Waals surface area contributed by atoms with Gasteiger partial charge in [-0.05, 0) is 54.8 Å². The molecular formula is C20H25ClN2O4S. The van der Waals surface area contributed by atoms with E-state index in [4.69, 9.17) is 16.3 Å². The van der Waals surface area contributed by atoms with E-state index in [1.807, 2.05) is 32.0 Å². The minimum atomic E-state index is -3.78. The molecule has 0 spiro atoms. The van der Waals surface area contributed by atoms with Crippen LogP contribution in [0, 0.1) is 6.92 Å². The molecule has 28 heavy (non-hydrogen) atoms. The number of benzene rings is 2. The van der Waals surface area contributed by atoms with E-state index in [9.17, 15) is 13.2 Å². The van der Waals surface area contributed by atoms with Crippen LogP contribution in [0.1, 0.15) is 30.5 Å². The highest BCUT2D eigenvalue weighted by molar-refractivity contribution is 7.89. The maximum absolute atomic E-state index is 12.6. The third-order valence-corrected chi connectivity index (χ3v) is 6.52. The summed E-state index contributed by atoms with van der Waals surface area (Å²) in [5, 5.41) is 3.35. The highest BCUT2D eigenvalue weighted by atomic mass is 35.5. The molecule has 0 heterocycles. The van der Waals surface area contributed by atoms with Crippen molar-refractivity contribution in [2.45, 2.75) is 31.2 Å². The summed E-state index contributed by atoms with van der Waals surface area (Å²) in [6.45, 7) is 3.61. The zero-order chi connectivity index (χ0) is 20.9. The summed E-state index contributed by atoms with van der Waals surface area (Å²) in [4.78, 5) is 12.6. The Kier molecular flexibility index (Phi) is 7.46. The number of methoxy groups -OCH3 is 1. The highest BCUT2D eigenvalue weighted by Gasteiger charge is 2.24. The van der Waals surface area contributed by atoms with E-state index in [0.717, 1.165) is 21.2 Å². The van der Waals surface area contributed by atoms with Gasteiger partial charge in [-0.25, -0.2) is 8.42 Å². The first-order chi connectivity index (χ1) is 13.2. The van der Waals surface area contributed by atoms with Gasteiger partial charge >= 0.3 is 0 Å². The molecule has 0 aliphatic heterocycles. The van der Waals surface area contributed by atoms with Crippen LogP contribution in [0.2, 0.25) is 5.02 Å². The molecule has 152 valence electrons. The van der Waals surface area contributed by atoms with Crippen LogP contribution in [0.3, 0.4) is 0 Å². The molecule has 8 heteroatoms. The van der Waals surface area contributed by atoms with Gasteiger partial charge in [0.05, 0.1) is 24.6 Å². The van der Waals surface area contributed by atoms with Crippen LogP contribution in [-0.2, 0) is 14.8 Å². The van der Waals surface area contributed by atoms with Crippen LogP contribution in [-0.4, -0.2) is 39.3 Å². The van der Waals surface area contributed by atoms with Gasteiger partial charge in [-0.15, -0.1) is 0 Å². The standard InChI is InChI=1S/C20H25ClN2O4S/c1-5-18(15-6-11-19(27-4)14(2)12-15)22-20(24)13-23(3)28(25,26)17-9-7-16(21)8-10-17/h6-12,18H,5,13H2,1-4H3,(H,22,24). The van der Waals surface area contributed by atoms with E-state index in [1.54, 1.807) is 7.11 Å². The summed E-state index contributed by atoms with van der Waals surface area (Å²) in [7, 11) is -0.790. The molecule has 0 aliphatic carbocycles. The molecule has 6 nitrogen and oxygen atoms in total. The molecule has 1 atom stereocenters. The Labute approximate surface area is 171 Å². The van der Waals surface area contributed by atoms with E-state index < -0.39 is 10.0 Å². The number of carbonyl (C=O) groups is 1. The number of nitrogens with zero attached hydrogens (tertiary/aromatic N) is 1. The van der Waals surface area contributed by atoms with Gasteiger partial charge in [0.1, 0.15) is 5.75 Å². The molecule has 0 fully saturated rings. The van der Waals surface area contributed by atoms with Crippen LogP contribution in [0.4, 0.5) is 0 Å². The summed E-state index contributed by atoms with van der Waals surface area (Å²) in [6.07, 6.45) is 0.672. The molecule has 1 amide bonds. The van der Waals surface area contributed by atoms with Crippen molar-refractivity contribution in [2.75, 3.05) is 20.7 Å². The molecule has 1 unspecified atom stereocenters. The Balaban J connectivity index is 2.08. The van der Waals surface area contributed by atoms with Gasteiger partial charge in [-0.2, -0.15) is 4.31 Å². The molecule has 0 saturated carbocycles. The molecule has 0 saturated heterocycles. The summed E-state index contributed by atoms with van der Waals surface area (Å²) in [5.74, 6) is 0.402. The zero-order valence-corrected chi connectivity index (χ0v) is 18.0. The van der Waals surface area contributed by atoms with Crippen molar-refractivity contribution in [1.82, 2.24) is 9.62 Å². The van der Waals surface area contributed by atoms with Crippen LogP contribution in [0.25, 0.3) is 0 Å². The van der Waals surface area contributed by atoms with Gasteiger partial charge in [0.15, 0.2) is 0 Å². The molecule has 0 aliphatic rings. The largest absolute Gasteiger partial charge is 0.496 e. The van der Waals surface area contributed by atoms with Crippen molar-refractivity contribution in [3.8, 4) is 5.75 Å². The first kappa shape index (κ1) is 22.2. The fourth-order valence-corrected chi connectivity index (χ4v) is 4.11. The topological polar surface area (TPSA) is 75.7 Å². The monoisotopic (exact) mass is 424 g/mol. The Morgan fingerprint density at radius 2 is 1.86 bits per heavy atom. The zero-order valence-electron chi connectivity index (χ0n) is 16.4. The fraction of sp³-hybridized carbons (Fsp3) is 0.350. The molecular weight excluding hydrogens is 400 g/mol. The van der Waals surface area contributed by atoms with Gasteiger partial charge in [-0.1, -0.05) is 30.7 Å². The van der Waals surface area contributed by atoms with E-state index in [2.05, 4.69) is 5.32 Å². The average Bonchev–Trinajstić information content (AvgIpc) is 2.66. The number of rotatable bonds is 8. The summed E-state index contributed by atoms with van der Waals surface area (Å²) in [5.41, 5.74) is 1.91. The predicted molar refractivity (Wildman–Crippen MR) is 110 cm³/mol. The molecule has 0 aromatic heterocycles. The summed E-state index contributed by atoms with van der Waals surface area (Å²) in [6, 6.07) is 11.3. The number of carbonyl (C=O) groups excluding carboxylic acids is 1. The van der Waals surface area contributed by atoms with Crippen molar-refractivity contribution in [3.63, 3.8) is 0 Å². The first-order valence-corrected chi connectivity index (χ1v) is 10.7. The minimum Gasteiger partial charge on any atom is -0.496 e. The number of halogens is 1. The van der Waals surface area contributed by atoms with E-state index in [1.165, 1.54) is 31.3 Å². The van der Waals surface area contributed by atoms with Gasteiger partial charge in [0.25, 0.3) is 0 Å². The van der Waals surface area contributed by atoms with Crippen molar-refractivity contribution in [3.05, 3.63) is 58.6 Å². The van der Waals surface area contributed by atoms with E-state index in [-0.39, 0.29) is 23.4 Å². The molecule has 2 rings (SSSR count). The Morgan fingerprint density at radius 1 is 1.21 bits per heavy atom. The smallest absolute Gasteiger partial charge is 0.243 e. The predicted octanol–water partition coefficient (Wildman–Crippen LogP) is 3.55. The number of likely N-dealkylation sites (N-methyl/N-ethyl adjacent to an activating group) is 1. The van der Waals surface area contributed by atoms with Crippen LogP contribution < -0.4 is 10.1 Å². The molecule has 2 aromatic rings. The lowest BCUT2D eigenvalue weighted by Gasteiger charge is -2.21. The number of ether oxygens (including phenoxy) is 1. The molecule has 1 N–H and O–H groups in total. The lowest BCUT2D eigenvalue weighted by Crippen LogP contribution is -2.39. The SMILES string of the molecule is CCC(NC(=O)CN(C)S(=O)(=O)c1ccc(Cl)cc1)c1ccc(OC)c(C)c1. The number of amides is 1. The number of nitrogens with one attached hydrogen (secondary N) is 1. The van der Waals surface area contributed by atoms with Gasteiger partial charge in [0, 0.05) is 12.1 Å². The maximum atomic E-state index is 12.6. The lowest BCUT2D eigenvalue weighted by molar-refractivity contribution is -0.121. The summed E-state index contributed by atoms with van der Waals surface area (Å²) < 4.78 is 31.5. The van der Waals surface area contributed by atoms with Crippen molar-refractivity contribution in [2.24, 2.45) is 0 Å². The van der Waals surface area contributed by atoms with Crippen LogP contribution in [0.5, 0.6) is 5.75 Å². The normalized spacial score (nSPS) is 12.6. The van der Waals surface area contributed by atoms with Crippen LogP contribution in [0.15, 0.2) is 47.4 Å². The van der Waals surface area contributed by atoms with E-state index in [0.29, 0.717) is 11.4 Å². The second kappa shape index (κ2) is 9.41. The van der Waals surface area contributed by atoms with Crippen molar-refractivity contribution >= 4 is 27.5 Å². The van der Waals surface area contributed by atoms with Gasteiger partial charge < -0.3 is 10.1 Å². The molecule has 0 bridgehead atoms. The Bertz CT molecular complexity index is 930. The third kappa shape index (κ3) is 5.25. The lowest BCUT2D eigenvalue weighted by atomic mass is 10.0. The average molecular weight is 425 g/mol. The summed E-state index contributed by atoms with van der Waals surface area (Å²) >= 11 is 5.81. The van der Waals surface area contributed by atoms with Gasteiger partial charge in [0.2, 0.25) is 15.9 Å². The molecule has 2 aromatic carbocycles.